The summed E-state index contributed by atoms with van der Waals surface area (Å²) in [6.07, 6.45) is 2.04. The van der Waals surface area contributed by atoms with Gasteiger partial charge in [0.1, 0.15) is 5.75 Å². The van der Waals surface area contributed by atoms with E-state index in [9.17, 15) is 0 Å². The lowest BCUT2D eigenvalue weighted by molar-refractivity contribution is 0.389. The smallest absolute Gasteiger partial charge is 0.119 e. The predicted molar refractivity (Wildman–Crippen MR) is 93.8 cm³/mol. The van der Waals surface area contributed by atoms with Crippen molar-refractivity contribution in [2.24, 2.45) is 0 Å². The second kappa shape index (κ2) is 7.66. The standard InChI is InChI=1S/C19H24ClNO/c1-19(2,16-10-6-11-17(14-16)22-3)21-13-7-9-15-8-4-5-12-18(15)20/h4-6,8,10-12,14,21H,7,9,13H2,1-3H3. The van der Waals surface area contributed by atoms with Gasteiger partial charge in [0.25, 0.3) is 0 Å². The zero-order valence-electron chi connectivity index (χ0n) is 13.5. The summed E-state index contributed by atoms with van der Waals surface area (Å²) in [5.74, 6) is 0.892. The van der Waals surface area contributed by atoms with Crippen molar-refractivity contribution in [3.8, 4) is 5.75 Å². The minimum atomic E-state index is -0.0883. The van der Waals surface area contributed by atoms with Crippen LogP contribution in [-0.2, 0) is 12.0 Å². The molecule has 2 aromatic carbocycles. The van der Waals surface area contributed by atoms with Crippen LogP contribution in [0.2, 0.25) is 5.02 Å². The predicted octanol–water partition coefficient (Wildman–Crippen LogP) is 4.81. The molecule has 0 aliphatic rings. The largest absolute Gasteiger partial charge is 0.497 e. The van der Waals surface area contributed by atoms with E-state index in [4.69, 9.17) is 16.3 Å². The molecule has 22 heavy (non-hydrogen) atoms. The van der Waals surface area contributed by atoms with Crippen LogP contribution in [0.3, 0.4) is 0 Å². The lowest BCUT2D eigenvalue weighted by atomic mass is 9.94. The van der Waals surface area contributed by atoms with Crippen LogP contribution in [0.4, 0.5) is 0 Å². The van der Waals surface area contributed by atoms with Crippen molar-refractivity contribution < 1.29 is 4.74 Å². The second-order valence-corrected chi connectivity index (χ2v) is 6.39. The third kappa shape index (κ3) is 4.49. The number of halogens is 1. The number of aryl methyl sites for hydroxylation is 1. The van der Waals surface area contributed by atoms with Gasteiger partial charge in [-0.3, -0.25) is 0 Å². The Hall–Kier alpha value is -1.51. The van der Waals surface area contributed by atoms with E-state index in [2.05, 4.69) is 37.4 Å². The van der Waals surface area contributed by atoms with Gasteiger partial charge in [-0.25, -0.2) is 0 Å². The average Bonchev–Trinajstić information content (AvgIpc) is 2.53. The molecule has 2 nitrogen and oxygen atoms in total. The van der Waals surface area contributed by atoms with Crippen molar-refractivity contribution in [1.82, 2.24) is 5.32 Å². The van der Waals surface area contributed by atoms with Crippen molar-refractivity contribution >= 4 is 11.6 Å². The zero-order chi connectivity index (χ0) is 16.0. The fourth-order valence-corrected chi connectivity index (χ4v) is 2.72. The molecular weight excluding hydrogens is 294 g/mol. The number of methoxy groups -OCH3 is 1. The van der Waals surface area contributed by atoms with Crippen molar-refractivity contribution in [1.29, 1.82) is 0 Å². The summed E-state index contributed by atoms with van der Waals surface area (Å²) in [7, 11) is 1.70. The van der Waals surface area contributed by atoms with E-state index in [0.717, 1.165) is 30.2 Å². The first-order chi connectivity index (χ1) is 10.5. The van der Waals surface area contributed by atoms with E-state index in [1.54, 1.807) is 7.11 Å². The molecule has 0 radical (unpaired) electrons. The number of benzene rings is 2. The first-order valence-electron chi connectivity index (χ1n) is 7.66. The van der Waals surface area contributed by atoms with Gasteiger partial charge in [0.2, 0.25) is 0 Å². The lowest BCUT2D eigenvalue weighted by Gasteiger charge is -2.27. The Balaban J connectivity index is 1.88. The molecule has 0 aliphatic heterocycles. The summed E-state index contributed by atoms with van der Waals surface area (Å²) in [5, 5.41) is 4.47. The van der Waals surface area contributed by atoms with Gasteiger partial charge in [0.15, 0.2) is 0 Å². The highest BCUT2D eigenvalue weighted by molar-refractivity contribution is 6.31. The zero-order valence-corrected chi connectivity index (χ0v) is 14.3. The molecule has 0 fully saturated rings. The maximum Gasteiger partial charge on any atom is 0.119 e. The van der Waals surface area contributed by atoms with E-state index < -0.39 is 0 Å². The Kier molecular flexibility index (Phi) is 5.87. The van der Waals surface area contributed by atoms with E-state index in [1.807, 2.05) is 30.3 Å². The highest BCUT2D eigenvalue weighted by Gasteiger charge is 2.19. The quantitative estimate of drug-likeness (QED) is 0.740. The fraction of sp³-hybridized carbons (Fsp3) is 0.368. The summed E-state index contributed by atoms with van der Waals surface area (Å²) >= 11 is 6.19. The van der Waals surface area contributed by atoms with Crippen molar-refractivity contribution in [3.63, 3.8) is 0 Å². The number of hydrogen-bond donors (Lipinski definition) is 1. The Morgan fingerprint density at radius 2 is 1.86 bits per heavy atom. The van der Waals surface area contributed by atoms with E-state index >= 15 is 0 Å². The highest BCUT2D eigenvalue weighted by Crippen LogP contribution is 2.24. The Labute approximate surface area is 138 Å². The van der Waals surface area contributed by atoms with E-state index in [-0.39, 0.29) is 5.54 Å². The molecule has 0 unspecified atom stereocenters. The molecule has 1 N–H and O–H groups in total. The monoisotopic (exact) mass is 317 g/mol. The molecule has 0 aliphatic carbocycles. The van der Waals surface area contributed by atoms with E-state index in [1.165, 1.54) is 11.1 Å². The van der Waals surface area contributed by atoms with Crippen LogP contribution >= 0.6 is 11.6 Å². The molecule has 0 heterocycles. The maximum absolute atomic E-state index is 6.19. The van der Waals surface area contributed by atoms with Crippen molar-refractivity contribution in [3.05, 3.63) is 64.7 Å². The molecule has 0 spiro atoms. The number of rotatable bonds is 7. The summed E-state index contributed by atoms with van der Waals surface area (Å²) in [5.41, 5.74) is 2.35. The molecule has 2 aromatic rings. The molecule has 3 heteroatoms. The van der Waals surface area contributed by atoms with Crippen LogP contribution in [0.5, 0.6) is 5.75 Å². The van der Waals surface area contributed by atoms with E-state index in [0.29, 0.717) is 0 Å². The topological polar surface area (TPSA) is 21.3 Å². The Morgan fingerprint density at radius 3 is 2.59 bits per heavy atom. The van der Waals surface area contributed by atoms with Crippen molar-refractivity contribution in [2.75, 3.05) is 13.7 Å². The van der Waals surface area contributed by atoms with Gasteiger partial charge >= 0.3 is 0 Å². The average molecular weight is 318 g/mol. The maximum atomic E-state index is 6.19. The molecule has 0 amide bonds. The number of hydrogen-bond acceptors (Lipinski definition) is 2. The minimum Gasteiger partial charge on any atom is -0.497 e. The minimum absolute atomic E-state index is 0.0883. The van der Waals surface area contributed by atoms with Crippen LogP contribution in [0.15, 0.2) is 48.5 Å². The first-order valence-corrected chi connectivity index (χ1v) is 8.04. The van der Waals surface area contributed by atoms with Gasteiger partial charge in [0.05, 0.1) is 7.11 Å². The summed E-state index contributed by atoms with van der Waals surface area (Å²) in [6, 6.07) is 16.3. The third-order valence-corrected chi connectivity index (χ3v) is 4.31. The molecule has 0 saturated heterocycles. The normalized spacial score (nSPS) is 11.5. The SMILES string of the molecule is COc1cccc(C(C)(C)NCCCc2ccccc2Cl)c1. The van der Waals surface area contributed by atoms with Crippen LogP contribution < -0.4 is 10.1 Å². The summed E-state index contributed by atoms with van der Waals surface area (Å²) in [4.78, 5) is 0. The second-order valence-electron chi connectivity index (χ2n) is 5.98. The third-order valence-electron chi connectivity index (χ3n) is 3.94. The van der Waals surface area contributed by atoms with Gasteiger partial charge in [0, 0.05) is 10.6 Å². The van der Waals surface area contributed by atoms with Gasteiger partial charge in [-0.15, -0.1) is 0 Å². The van der Waals surface area contributed by atoms with Gasteiger partial charge < -0.3 is 10.1 Å². The molecule has 2 rings (SSSR count). The van der Waals surface area contributed by atoms with Gasteiger partial charge in [-0.1, -0.05) is 41.9 Å². The Morgan fingerprint density at radius 1 is 1.09 bits per heavy atom. The van der Waals surface area contributed by atoms with Crippen LogP contribution in [0.25, 0.3) is 0 Å². The first kappa shape index (κ1) is 16.9. The molecule has 0 aromatic heterocycles. The summed E-state index contributed by atoms with van der Waals surface area (Å²) in [6.45, 7) is 5.32. The van der Waals surface area contributed by atoms with Gasteiger partial charge in [-0.2, -0.15) is 0 Å². The fourth-order valence-electron chi connectivity index (χ4n) is 2.49. The molecule has 0 atom stereocenters. The van der Waals surface area contributed by atoms with Crippen LogP contribution in [0.1, 0.15) is 31.4 Å². The lowest BCUT2D eigenvalue weighted by Crippen LogP contribution is -2.37. The number of nitrogens with one attached hydrogen (secondary N) is 1. The van der Waals surface area contributed by atoms with Crippen LogP contribution in [0, 0.1) is 0 Å². The molecule has 0 saturated carbocycles. The molecule has 0 bridgehead atoms. The summed E-state index contributed by atoms with van der Waals surface area (Å²) < 4.78 is 5.30. The highest BCUT2D eigenvalue weighted by atomic mass is 35.5. The van der Waals surface area contributed by atoms with Crippen molar-refractivity contribution in [2.45, 2.75) is 32.2 Å². The van der Waals surface area contributed by atoms with Gasteiger partial charge in [-0.05, 0) is 62.6 Å². The molecule has 118 valence electrons. The Bertz CT molecular complexity index is 610. The molecular formula is C19H24ClNO. The number of ether oxygens (including phenoxy) is 1. The van der Waals surface area contributed by atoms with Crippen LogP contribution in [-0.4, -0.2) is 13.7 Å².